The van der Waals surface area contributed by atoms with Gasteiger partial charge in [0.2, 0.25) is 0 Å². The molecule has 0 aromatic heterocycles. The van der Waals surface area contributed by atoms with Gasteiger partial charge in [-0.15, -0.1) is 0 Å². The average molecular weight is 675 g/mol. The van der Waals surface area contributed by atoms with Crippen molar-refractivity contribution in [3.8, 4) is 33.4 Å². The third-order valence-electron chi connectivity index (χ3n) is 9.71. The molecule has 0 heterocycles. The molecule has 0 saturated heterocycles. The van der Waals surface area contributed by atoms with E-state index in [1.165, 1.54) is 107 Å². The first-order valence-corrected chi connectivity index (χ1v) is 19.3. The Bertz CT molecular complexity index is 1890. The van der Waals surface area contributed by atoms with Crippen LogP contribution in [0.15, 0.2) is 126 Å². The highest BCUT2D eigenvalue weighted by atomic mass is 14.9. The first kappa shape index (κ1) is 37.6. The number of rotatable bonds is 17. The Hall–Kier alpha value is -4.69. The van der Waals surface area contributed by atoms with Crippen molar-refractivity contribution < 1.29 is 0 Å². The molecule has 51 heavy (non-hydrogen) atoms. The molecule has 0 fully saturated rings. The molecule has 0 unspecified atom stereocenters. The van der Waals surface area contributed by atoms with Crippen molar-refractivity contribution in [2.24, 2.45) is 4.99 Å². The summed E-state index contributed by atoms with van der Waals surface area (Å²) in [5, 5.41) is 3.66. The molecule has 2 nitrogen and oxygen atoms in total. The normalized spacial score (nSPS) is 11.5. The van der Waals surface area contributed by atoms with Crippen molar-refractivity contribution in [2.45, 2.75) is 106 Å². The molecule has 5 aromatic carbocycles. The molecule has 0 saturated carbocycles. The first-order valence-electron chi connectivity index (χ1n) is 19.3. The Morgan fingerprint density at radius 3 is 1.61 bits per heavy atom. The summed E-state index contributed by atoms with van der Waals surface area (Å²) in [6, 6.07) is 40.3. The van der Waals surface area contributed by atoms with Crippen molar-refractivity contribution in [2.75, 3.05) is 5.32 Å². The molecule has 0 radical (unpaired) electrons. The number of nitrogens with zero attached hydrogens (tertiary/aromatic N) is 1. The maximum Gasteiger partial charge on any atom is 0.0633 e. The zero-order chi connectivity index (χ0) is 36.0. The molecule has 0 spiro atoms. The molecule has 0 aliphatic rings. The highest BCUT2D eigenvalue weighted by Gasteiger charge is 2.14. The molecule has 0 atom stereocenters. The van der Waals surface area contributed by atoms with E-state index >= 15 is 0 Å². The van der Waals surface area contributed by atoms with Gasteiger partial charge in [-0.05, 0) is 146 Å². The molecular weight excluding hydrogens is 617 g/mol. The number of aryl methyl sites for hydroxylation is 3. The van der Waals surface area contributed by atoms with Crippen molar-refractivity contribution >= 4 is 22.8 Å². The minimum atomic E-state index is 1.01. The quantitative estimate of drug-likeness (QED) is 0.0770. The molecule has 2 heteroatoms. The summed E-state index contributed by atoms with van der Waals surface area (Å²) in [4.78, 5) is 4.84. The lowest BCUT2D eigenvalue weighted by atomic mass is 9.87. The molecule has 0 amide bonds. The summed E-state index contributed by atoms with van der Waals surface area (Å²) in [7, 11) is 0. The topological polar surface area (TPSA) is 24.4 Å². The smallest absolute Gasteiger partial charge is 0.0633 e. The number of aliphatic imine (C=N–C) groups is 1. The maximum absolute atomic E-state index is 4.84. The number of hydrogen-bond donors (Lipinski definition) is 1. The number of allylic oxidation sites excluding steroid dienone is 2. The molecule has 264 valence electrons. The molecule has 1 N–H and O–H groups in total. The van der Waals surface area contributed by atoms with Crippen LogP contribution in [0.1, 0.15) is 103 Å². The Morgan fingerprint density at radius 2 is 1.08 bits per heavy atom. The van der Waals surface area contributed by atoms with Crippen molar-refractivity contribution in [1.29, 1.82) is 0 Å². The maximum atomic E-state index is 4.84. The van der Waals surface area contributed by atoms with Gasteiger partial charge < -0.3 is 5.32 Å². The zero-order valence-corrected chi connectivity index (χ0v) is 32.0. The van der Waals surface area contributed by atoms with E-state index < -0.39 is 0 Å². The largest absolute Gasteiger partial charge is 0.356 e. The van der Waals surface area contributed by atoms with E-state index in [9.17, 15) is 0 Å². The minimum absolute atomic E-state index is 1.01. The van der Waals surface area contributed by atoms with Crippen molar-refractivity contribution in [3.05, 3.63) is 138 Å². The van der Waals surface area contributed by atoms with E-state index in [0.29, 0.717) is 0 Å². The van der Waals surface area contributed by atoms with Crippen LogP contribution >= 0.6 is 0 Å². The fraction of sp³-hybridized carbons (Fsp3) is 0.327. The highest BCUT2D eigenvalue weighted by Crippen LogP contribution is 2.36. The second kappa shape index (κ2) is 19.1. The average Bonchev–Trinajstić information content (AvgIpc) is 3.13. The predicted octanol–water partition coefficient (Wildman–Crippen LogP) is 15.0. The van der Waals surface area contributed by atoms with Gasteiger partial charge in [0.05, 0.1) is 5.69 Å². The lowest BCUT2D eigenvalue weighted by Gasteiger charge is -2.18. The van der Waals surface area contributed by atoms with Gasteiger partial charge in [-0.1, -0.05) is 131 Å². The van der Waals surface area contributed by atoms with E-state index in [1.54, 1.807) is 0 Å². The summed E-state index contributed by atoms with van der Waals surface area (Å²) in [5.74, 6) is 0. The molecule has 0 aliphatic carbocycles. The Morgan fingerprint density at radius 1 is 0.549 bits per heavy atom. The first-order chi connectivity index (χ1) is 24.8. The summed E-state index contributed by atoms with van der Waals surface area (Å²) in [6.45, 7) is 13.1. The van der Waals surface area contributed by atoms with E-state index in [2.05, 4.69) is 162 Å². The van der Waals surface area contributed by atoms with Crippen LogP contribution in [0.25, 0.3) is 33.4 Å². The van der Waals surface area contributed by atoms with Gasteiger partial charge in [-0.25, -0.2) is 0 Å². The third-order valence-corrected chi connectivity index (χ3v) is 9.71. The van der Waals surface area contributed by atoms with Gasteiger partial charge in [-0.2, -0.15) is 0 Å². The van der Waals surface area contributed by atoms with E-state index in [1.807, 2.05) is 0 Å². The summed E-state index contributed by atoms with van der Waals surface area (Å²) >= 11 is 0. The van der Waals surface area contributed by atoms with E-state index in [-0.39, 0.29) is 0 Å². The van der Waals surface area contributed by atoms with Crippen LogP contribution in [0.2, 0.25) is 0 Å². The monoisotopic (exact) mass is 674 g/mol. The van der Waals surface area contributed by atoms with Gasteiger partial charge in [0.1, 0.15) is 0 Å². The van der Waals surface area contributed by atoms with E-state index in [0.717, 1.165) is 35.6 Å². The van der Waals surface area contributed by atoms with Gasteiger partial charge >= 0.3 is 0 Å². The fourth-order valence-electron chi connectivity index (χ4n) is 7.08. The minimum Gasteiger partial charge on any atom is -0.356 e. The van der Waals surface area contributed by atoms with Crippen LogP contribution < -0.4 is 5.32 Å². The molecule has 5 aromatic rings. The van der Waals surface area contributed by atoms with Crippen LogP contribution in [0.5, 0.6) is 0 Å². The van der Waals surface area contributed by atoms with Crippen LogP contribution in [-0.2, 0) is 12.8 Å². The summed E-state index contributed by atoms with van der Waals surface area (Å²) in [5.41, 5.74) is 17.6. The summed E-state index contributed by atoms with van der Waals surface area (Å²) in [6.07, 6.45) is 14.4. The van der Waals surface area contributed by atoms with Crippen LogP contribution in [0, 0.1) is 6.92 Å². The predicted molar refractivity (Wildman–Crippen MR) is 225 cm³/mol. The molecule has 5 rings (SSSR count). The van der Waals surface area contributed by atoms with E-state index in [4.69, 9.17) is 4.99 Å². The van der Waals surface area contributed by atoms with Gasteiger partial charge in [0.25, 0.3) is 0 Å². The number of benzene rings is 5. The van der Waals surface area contributed by atoms with Gasteiger partial charge in [0.15, 0.2) is 0 Å². The second-order valence-corrected chi connectivity index (χ2v) is 14.4. The Labute approximate surface area is 308 Å². The number of nitrogens with one attached hydrogen (secondary N) is 1. The standard InChI is InChI=1S/C49H58N2/c1-7-9-11-14-20-42-35-49(41-24-28-45(29-25-41)51-46-30-31-47(37(5)33-46)39-18-16-13-17-19-39)43(21-15-12-10-8-2)34-48(42)40-22-26-44(27-23-40)50-38(6)32-36(3)4/h13,16-19,22-35,51H,7-12,14-15,20-21H2,1-6H3. The lowest BCUT2D eigenvalue weighted by Crippen LogP contribution is -1.99. The fourth-order valence-corrected chi connectivity index (χ4v) is 7.08. The zero-order valence-electron chi connectivity index (χ0n) is 32.0. The van der Waals surface area contributed by atoms with Crippen LogP contribution in [0.3, 0.4) is 0 Å². The van der Waals surface area contributed by atoms with Crippen molar-refractivity contribution in [3.63, 3.8) is 0 Å². The number of unbranched alkanes of at least 4 members (excludes halogenated alkanes) is 6. The molecular formula is C49H58N2. The highest BCUT2D eigenvalue weighted by molar-refractivity contribution is 5.95. The SMILES string of the molecule is CCCCCCc1cc(-c2ccc(Nc3ccc(-c4ccccc4)c(C)c3)cc2)c(CCCCCC)cc1-c1ccc(N=C(C)C=C(C)C)cc1. The van der Waals surface area contributed by atoms with Crippen molar-refractivity contribution in [1.82, 2.24) is 0 Å². The Balaban J connectivity index is 1.46. The molecule has 0 bridgehead atoms. The van der Waals surface area contributed by atoms with Crippen LogP contribution in [-0.4, -0.2) is 5.71 Å². The Kier molecular flexibility index (Phi) is 14.0. The third kappa shape index (κ3) is 10.9. The summed E-state index contributed by atoms with van der Waals surface area (Å²) < 4.78 is 0. The van der Waals surface area contributed by atoms with Crippen LogP contribution in [0.4, 0.5) is 17.1 Å². The second-order valence-electron chi connectivity index (χ2n) is 14.4. The number of hydrogen-bond acceptors (Lipinski definition) is 2. The van der Waals surface area contributed by atoms with Gasteiger partial charge in [-0.3, -0.25) is 4.99 Å². The molecule has 0 aliphatic heterocycles. The lowest BCUT2D eigenvalue weighted by molar-refractivity contribution is 0.664. The van der Waals surface area contributed by atoms with Gasteiger partial charge in [0, 0.05) is 17.1 Å². The number of anilines is 2.